The Morgan fingerprint density at radius 3 is 2.55 bits per heavy atom. The second-order valence-electron chi connectivity index (χ2n) is 4.98. The summed E-state index contributed by atoms with van der Waals surface area (Å²) in [7, 11) is 3.68. The molecule has 1 aromatic heterocycles. The molecule has 0 aliphatic carbocycles. The van der Waals surface area contributed by atoms with E-state index in [9.17, 15) is 0 Å². The number of nitrogens with zero attached hydrogens (tertiary/aromatic N) is 2. The first-order valence-corrected chi connectivity index (χ1v) is 7.03. The number of benzene rings is 1. The van der Waals surface area contributed by atoms with Crippen LogP contribution in [0.15, 0.2) is 30.3 Å². The van der Waals surface area contributed by atoms with E-state index < -0.39 is 0 Å². The van der Waals surface area contributed by atoms with E-state index in [-0.39, 0.29) is 0 Å². The molecule has 0 aliphatic heterocycles. The van der Waals surface area contributed by atoms with Gasteiger partial charge in [-0.05, 0) is 37.1 Å². The van der Waals surface area contributed by atoms with Gasteiger partial charge in [0.15, 0.2) is 0 Å². The van der Waals surface area contributed by atoms with E-state index in [1.807, 2.05) is 23.9 Å². The van der Waals surface area contributed by atoms with Crippen molar-refractivity contribution in [2.75, 3.05) is 7.11 Å². The molecule has 1 unspecified atom stereocenters. The van der Waals surface area contributed by atoms with Gasteiger partial charge in [0.05, 0.1) is 18.5 Å². The summed E-state index contributed by atoms with van der Waals surface area (Å²) in [6.07, 6.45) is 0.974. The molecule has 0 saturated heterocycles. The van der Waals surface area contributed by atoms with Gasteiger partial charge in [0.1, 0.15) is 5.75 Å². The minimum Gasteiger partial charge on any atom is -0.497 e. The summed E-state index contributed by atoms with van der Waals surface area (Å²) in [4.78, 5) is 0. The van der Waals surface area contributed by atoms with Crippen LogP contribution in [0.25, 0.3) is 0 Å². The maximum atomic E-state index is 5.18. The maximum absolute atomic E-state index is 5.18. The minimum absolute atomic E-state index is 0.292. The predicted molar refractivity (Wildman–Crippen MR) is 80.8 cm³/mol. The van der Waals surface area contributed by atoms with Gasteiger partial charge < -0.3 is 10.1 Å². The summed E-state index contributed by atoms with van der Waals surface area (Å²) < 4.78 is 7.13. The van der Waals surface area contributed by atoms with E-state index in [1.54, 1.807) is 7.11 Å². The van der Waals surface area contributed by atoms with Crippen molar-refractivity contribution in [3.63, 3.8) is 0 Å². The summed E-state index contributed by atoms with van der Waals surface area (Å²) in [5.74, 6) is 0.889. The Labute approximate surface area is 120 Å². The van der Waals surface area contributed by atoms with E-state index in [2.05, 4.69) is 42.5 Å². The smallest absolute Gasteiger partial charge is 0.118 e. The molecule has 108 valence electrons. The van der Waals surface area contributed by atoms with Gasteiger partial charge in [-0.15, -0.1) is 0 Å². The molecule has 0 amide bonds. The summed E-state index contributed by atoms with van der Waals surface area (Å²) in [6, 6.07) is 10.6. The van der Waals surface area contributed by atoms with Crippen molar-refractivity contribution in [1.82, 2.24) is 15.1 Å². The number of aromatic nitrogens is 2. The third-order valence-corrected chi connectivity index (χ3v) is 3.59. The molecule has 20 heavy (non-hydrogen) atoms. The van der Waals surface area contributed by atoms with Crippen molar-refractivity contribution in [2.45, 2.75) is 32.9 Å². The fourth-order valence-electron chi connectivity index (χ4n) is 2.18. The van der Waals surface area contributed by atoms with Gasteiger partial charge >= 0.3 is 0 Å². The van der Waals surface area contributed by atoms with Gasteiger partial charge in [0.2, 0.25) is 0 Å². The molecule has 0 spiro atoms. The molecule has 2 rings (SSSR count). The van der Waals surface area contributed by atoms with Crippen LogP contribution in [0.5, 0.6) is 5.75 Å². The maximum Gasteiger partial charge on any atom is 0.118 e. The zero-order valence-electron chi connectivity index (χ0n) is 12.7. The number of hydrogen-bond donors (Lipinski definition) is 1. The highest BCUT2D eigenvalue weighted by atomic mass is 16.5. The molecule has 1 N–H and O–H groups in total. The van der Waals surface area contributed by atoms with Crippen molar-refractivity contribution >= 4 is 0 Å². The van der Waals surface area contributed by atoms with Crippen molar-refractivity contribution in [1.29, 1.82) is 0 Å². The van der Waals surface area contributed by atoms with Gasteiger partial charge in [0, 0.05) is 19.6 Å². The number of nitrogens with one attached hydrogen (secondary N) is 1. The lowest BCUT2D eigenvalue weighted by Gasteiger charge is -2.14. The topological polar surface area (TPSA) is 39.1 Å². The third kappa shape index (κ3) is 3.39. The molecule has 0 fully saturated rings. The molecule has 1 heterocycles. The highest BCUT2D eigenvalue weighted by molar-refractivity contribution is 5.28. The lowest BCUT2D eigenvalue weighted by atomic mass is 10.1. The monoisotopic (exact) mass is 273 g/mol. The van der Waals surface area contributed by atoms with Crippen LogP contribution in [0.4, 0.5) is 0 Å². The Balaban J connectivity index is 1.96. The van der Waals surface area contributed by atoms with Crippen molar-refractivity contribution < 1.29 is 4.74 Å². The van der Waals surface area contributed by atoms with Crippen molar-refractivity contribution in [3.8, 4) is 5.75 Å². The fraction of sp³-hybridized carbons (Fsp3) is 0.438. The van der Waals surface area contributed by atoms with Crippen LogP contribution >= 0.6 is 0 Å². The summed E-state index contributed by atoms with van der Waals surface area (Å²) >= 11 is 0. The van der Waals surface area contributed by atoms with Crippen LogP contribution < -0.4 is 10.1 Å². The first-order chi connectivity index (χ1) is 9.63. The largest absolute Gasteiger partial charge is 0.497 e. The number of methoxy groups -OCH3 is 1. The Kier molecular flexibility index (Phi) is 4.79. The summed E-state index contributed by atoms with van der Waals surface area (Å²) in [5.41, 5.74) is 3.60. The Bertz CT molecular complexity index is 545. The number of aryl methyl sites for hydroxylation is 2. The Hall–Kier alpha value is -1.81. The average Bonchev–Trinajstić information content (AvgIpc) is 2.85. The van der Waals surface area contributed by atoms with Crippen molar-refractivity contribution in [3.05, 3.63) is 47.3 Å². The zero-order chi connectivity index (χ0) is 14.5. The molecule has 4 heteroatoms. The highest BCUT2D eigenvalue weighted by Gasteiger charge is 2.08. The molecule has 4 nitrogen and oxygen atoms in total. The molecule has 0 bridgehead atoms. The van der Waals surface area contributed by atoms with E-state index in [0.29, 0.717) is 6.04 Å². The number of ether oxygens (including phenoxy) is 1. The number of hydrogen-bond acceptors (Lipinski definition) is 3. The Morgan fingerprint density at radius 1 is 1.30 bits per heavy atom. The minimum atomic E-state index is 0.292. The first kappa shape index (κ1) is 14.6. The lowest BCUT2D eigenvalue weighted by molar-refractivity contribution is 0.414. The second kappa shape index (κ2) is 6.57. The second-order valence-corrected chi connectivity index (χ2v) is 4.98. The molecule has 1 aromatic carbocycles. The van der Waals surface area contributed by atoms with Crippen LogP contribution in [-0.2, 0) is 20.0 Å². The van der Waals surface area contributed by atoms with Crippen LogP contribution in [0, 0.1) is 0 Å². The first-order valence-electron chi connectivity index (χ1n) is 7.03. The molecule has 0 radical (unpaired) electrons. The third-order valence-electron chi connectivity index (χ3n) is 3.59. The average molecular weight is 273 g/mol. The van der Waals surface area contributed by atoms with E-state index in [0.717, 1.165) is 24.4 Å². The van der Waals surface area contributed by atoms with Gasteiger partial charge in [-0.25, -0.2) is 0 Å². The van der Waals surface area contributed by atoms with E-state index >= 15 is 0 Å². The molecular formula is C16H23N3O. The van der Waals surface area contributed by atoms with Gasteiger partial charge in [-0.2, -0.15) is 5.10 Å². The van der Waals surface area contributed by atoms with Crippen LogP contribution in [0.3, 0.4) is 0 Å². The predicted octanol–water partition coefficient (Wildman–Crippen LogP) is 2.84. The fourth-order valence-corrected chi connectivity index (χ4v) is 2.18. The zero-order valence-corrected chi connectivity index (χ0v) is 12.7. The lowest BCUT2D eigenvalue weighted by Crippen LogP contribution is -2.19. The molecule has 1 atom stereocenters. The standard InChI is InChI=1S/C16H23N3O/c1-5-14-10-15(19(3)18-14)11-17-12(2)13-6-8-16(20-4)9-7-13/h6-10,12,17H,5,11H2,1-4H3. The normalized spacial score (nSPS) is 12.4. The quantitative estimate of drug-likeness (QED) is 0.879. The van der Waals surface area contributed by atoms with Crippen LogP contribution in [0.1, 0.15) is 36.8 Å². The highest BCUT2D eigenvalue weighted by Crippen LogP contribution is 2.17. The molecule has 2 aromatic rings. The molecule has 0 aliphatic rings. The van der Waals surface area contributed by atoms with Gasteiger partial charge in [-0.3, -0.25) is 4.68 Å². The van der Waals surface area contributed by atoms with Gasteiger partial charge in [0.25, 0.3) is 0 Å². The SMILES string of the molecule is CCc1cc(CNC(C)c2ccc(OC)cc2)n(C)n1. The summed E-state index contributed by atoms with van der Waals surface area (Å²) in [6.45, 7) is 5.11. The van der Waals surface area contributed by atoms with Gasteiger partial charge in [-0.1, -0.05) is 19.1 Å². The van der Waals surface area contributed by atoms with Crippen LogP contribution in [0.2, 0.25) is 0 Å². The summed E-state index contributed by atoms with van der Waals surface area (Å²) in [5, 5.41) is 7.99. The number of rotatable bonds is 6. The van der Waals surface area contributed by atoms with Crippen LogP contribution in [-0.4, -0.2) is 16.9 Å². The Morgan fingerprint density at radius 2 is 2.00 bits per heavy atom. The molecule has 0 saturated carbocycles. The van der Waals surface area contributed by atoms with E-state index in [1.165, 1.54) is 11.3 Å². The molecular weight excluding hydrogens is 250 g/mol. The van der Waals surface area contributed by atoms with Crippen molar-refractivity contribution in [2.24, 2.45) is 7.05 Å². The van der Waals surface area contributed by atoms with E-state index in [4.69, 9.17) is 4.74 Å².